The highest BCUT2D eigenvalue weighted by Crippen LogP contribution is 2.27. The van der Waals surface area contributed by atoms with Gasteiger partial charge in [0, 0.05) is 31.2 Å². The molecule has 1 aliphatic rings. The summed E-state index contributed by atoms with van der Waals surface area (Å²) in [5, 5.41) is 0. The molecule has 0 saturated heterocycles. The van der Waals surface area contributed by atoms with Gasteiger partial charge in [0.25, 0.3) is 0 Å². The van der Waals surface area contributed by atoms with E-state index in [1.165, 1.54) is 4.31 Å². The average molecular weight is 306 g/mol. The Kier molecular flexibility index (Phi) is 3.26. The number of nitrogen functional groups attached to an aromatic ring is 1. The molecule has 0 fully saturated rings. The Morgan fingerprint density at radius 3 is 2.76 bits per heavy atom. The minimum absolute atomic E-state index is 0.292. The minimum atomic E-state index is -3.56. The predicted molar refractivity (Wildman–Crippen MR) is 80.2 cm³/mol. The maximum atomic E-state index is 12.9. The van der Waals surface area contributed by atoms with Crippen molar-refractivity contribution >= 4 is 15.7 Å². The molecule has 3 rings (SSSR count). The van der Waals surface area contributed by atoms with Crippen molar-refractivity contribution in [2.75, 3.05) is 12.3 Å². The van der Waals surface area contributed by atoms with Crippen LogP contribution in [-0.2, 0) is 23.1 Å². The molecule has 0 unspecified atom stereocenters. The normalized spacial score (nSPS) is 15.9. The van der Waals surface area contributed by atoms with Gasteiger partial charge in [-0.15, -0.1) is 0 Å². The third kappa shape index (κ3) is 2.32. The van der Waals surface area contributed by atoms with Gasteiger partial charge in [-0.2, -0.15) is 4.31 Å². The molecule has 0 spiro atoms. The molecule has 6 nitrogen and oxygen atoms in total. The van der Waals surface area contributed by atoms with Crippen LogP contribution in [0.25, 0.3) is 0 Å². The van der Waals surface area contributed by atoms with E-state index in [1.54, 1.807) is 25.3 Å². The first-order valence-electron chi connectivity index (χ1n) is 6.76. The van der Waals surface area contributed by atoms with Crippen LogP contribution in [0.3, 0.4) is 0 Å². The fourth-order valence-electron chi connectivity index (χ4n) is 2.62. The number of rotatable bonds is 2. The van der Waals surface area contributed by atoms with E-state index in [-0.39, 0.29) is 0 Å². The minimum Gasteiger partial charge on any atom is -0.398 e. The maximum Gasteiger partial charge on any atom is 0.243 e. The Bertz CT molecular complexity index is 795. The standard InChI is InChI=1S/C14H18N4O2S/c1-10-7-12(15)11(2)13(8-10)21(19,20)18-6-5-17-4-3-16-14(17)9-18/h3-4,7-8H,5-6,9,15H2,1-2H3. The van der Waals surface area contributed by atoms with Crippen molar-refractivity contribution in [3.63, 3.8) is 0 Å². The van der Waals surface area contributed by atoms with Crippen LogP contribution in [0.2, 0.25) is 0 Å². The van der Waals surface area contributed by atoms with Crippen LogP contribution >= 0.6 is 0 Å². The van der Waals surface area contributed by atoms with Gasteiger partial charge >= 0.3 is 0 Å². The molecule has 0 bridgehead atoms. The first-order valence-corrected chi connectivity index (χ1v) is 8.20. The summed E-state index contributed by atoms with van der Waals surface area (Å²) in [7, 11) is -3.56. The molecule has 0 saturated carbocycles. The van der Waals surface area contributed by atoms with E-state index in [4.69, 9.17) is 5.73 Å². The molecule has 2 aromatic rings. The first-order chi connectivity index (χ1) is 9.89. The summed E-state index contributed by atoms with van der Waals surface area (Å²) in [6, 6.07) is 3.47. The third-order valence-electron chi connectivity index (χ3n) is 3.87. The van der Waals surface area contributed by atoms with Crippen LogP contribution in [0.1, 0.15) is 17.0 Å². The molecule has 2 N–H and O–H groups in total. The van der Waals surface area contributed by atoms with Gasteiger partial charge < -0.3 is 10.3 Å². The van der Waals surface area contributed by atoms with Crippen molar-refractivity contribution in [2.45, 2.75) is 31.8 Å². The fourth-order valence-corrected chi connectivity index (χ4v) is 4.34. The van der Waals surface area contributed by atoms with Crippen molar-refractivity contribution in [2.24, 2.45) is 0 Å². The number of fused-ring (bicyclic) bond motifs is 1. The number of anilines is 1. The molecule has 1 aromatic carbocycles. The zero-order chi connectivity index (χ0) is 15.2. The summed E-state index contributed by atoms with van der Waals surface area (Å²) in [5.74, 6) is 0.767. The van der Waals surface area contributed by atoms with Crippen LogP contribution in [0.15, 0.2) is 29.4 Å². The number of nitrogens with two attached hydrogens (primary N) is 1. The van der Waals surface area contributed by atoms with Gasteiger partial charge in [0.2, 0.25) is 10.0 Å². The molecule has 2 heterocycles. The summed E-state index contributed by atoms with van der Waals surface area (Å²) in [6.07, 6.45) is 3.57. The molecule has 0 atom stereocenters. The van der Waals surface area contributed by atoms with Gasteiger partial charge in [-0.25, -0.2) is 13.4 Å². The smallest absolute Gasteiger partial charge is 0.243 e. The van der Waals surface area contributed by atoms with Crippen LogP contribution in [0, 0.1) is 13.8 Å². The van der Waals surface area contributed by atoms with E-state index in [9.17, 15) is 8.42 Å². The predicted octanol–water partition coefficient (Wildman–Crippen LogP) is 1.29. The van der Waals surface area contributed by atoms with Crippen molar-refractivity contribution in [3.05, 3.63) is 41.5 Å². The van der Waals surface area contributed by atoms with Crippen molar-refractivity contribution in [1.29, 1.82) is 0 Å². The highest BCUT2D eigenvalue weighted by atomic mass is 32.2. The van der Waals surface area contributed by atoms with Crippen LogP contribution in [-0.4, -0.2) is 28.8 Å². The molecule has 0 amide bonds. The maximum absolute atomic E-state index is 12.9. The lowest BCUT2D eigenvalue weighted by molar-refractivity contribution is 0.335. The summed E-state index contributed by atoms with van der Waals surface area (Å²) in [4.78, 5) is 4.50. The van der Waals surface area contributed by atoms with E-state index in [0.717, 1.165) is 11.4 Å². The first kappa shape index (κ1) is 14.1. The Hall–Kier alpha value is -1.86. The van der Waals surface area contributed by atoms with Gasteiger partial charge in [-0.3, -0.25) is 0 Å². The highest BCUT2D eigenvalue weighted by molar-refractivity contribution is 7.89. The summed E-state index contributed by atoms with van der Waals surface area (Å²) >= 11 is 0. The van der Waals surface area contributed by atoms with Crippen molar-refractivity contribution < 1.29 is 8.42 Å². The van der Waals surface area contributed by atoms with Crippen LogP contribution in [0.4, 0.5) is 5.69 Å². The Labute approximate surface area is 124 Å². The molecule has 0 aliphatic carbocycles. The molecular formula is C14H18N4O2S. The SMILES string of the molecule is Cc1cc(N)c(C)c(S(=O)(=O)N2CCn3ccnc3C2)c1. The lowest BCUT2D eigenvalue weighted by Crippen LogP contribution is -2.38. The molecule has 0 radical (unpaired) electrons. The second-order valence-corrected chi connectivity index (χ2v) is 7.26. The lowest BCUT2D eigenvalue weighted by Gasteiger charge is -2.27. The van der Waals surface area contributed by atoms with Crippen molar-refractivity contribution in [1.82, 2.24) is 13.9 Å². The van der Waals surface area contributed by atoms with E-state index >= 15 is 0 Å². The molecule has 1 aliphatic heterocycles. The second kappa shape index (κ2) is 4.85. The van der Waals surface area contributed by atoms with Gasteiger partial charge in [-0.05, 0) is 37.1 Å². The average Bonchev–Trinajstić information content (AvgIpc) is 2.89. The van der Waals surface area contributed by atoms with Gasteiger partial charge in [0.15, 0.2) is 0 Å². The Morgan fingerprint density at radius 1 is 1.24 bits per heavy atom. The molecule has 7 heteroatoms. The zero-order valence-electron chi connectivity index (χ0n) is 12.1. The van der Waals surface area contributed by atoms with E-state index in [0.29, 0.717) is 35.8 Å². The van der Waals surface area contributed by atoms with E-state index in [2.05, 4.69) is 4.98 Å². The van der Waals surface area contributed by atoms with E-state index < -0.39 is 10.0 Å². The molecular weight excluding hydrogens is 288 g/mol. The third-order valence-corrected chi connectivity index (χ3v) is 5.84. The topological polar surface area (TPSA) is 81.2 Å². The zero-order valence-corrected chi connectivity index (χ0v) is 12.9. The largest absolute Gasteiger partial charge is 0.398 e. The van der Waals surface area contributed by atoms with Gasteiger partial charge in [0.1, 0.15) is 5.82 Å². The number of hydrogen-bond donors (Lipinski definition) is 1. The Morgan fingerprint density at radius 2 is 2.00 bits per heavy atom. The monoisotopic (exact) mass is 306 g/mol. The number of sulfonamides is 1. The summed E-state index contributed by atoms with van der Waals surface area (Å²) < 4.78 is 29.2. The number of benzene rings is 1. The second-order valence-electron chi connectivity index (χ2n) is 5.35. The number of nitrogens with zero attached hydrogens (tertiary/aromatic N) is 3. The highest BCUT2D eigenvalue weighted by Gasteiger charge is 2.30. The molecule has 112 valence electrons. The number of imidazole rings is 1. The molecule has 1 aromatic heterocycles. The quantitative estimate of drug-likeness (QED) is 0.848. The van der Waals surface area contributed by atoms with Crippen LogP contribution < -0.4 is 5.73 Å². The van der Waals surface area contributed by atoms with E-state index in [1.807, 2.05) is 17.7 Å². The lowest BCUT2D eigenvalue weighted by atomic mass is 10.1. The summed E-state index contributed by atoms with van der Waals surface area (Å²) in [6.45, 7) is 4.95. The number of aromatic nitrogens is 2. The number of hydrogen-bond acceptors (Lipinski definition) is 4. The fraction of sp³-hybridized carbons (Fsp3) is 0.357. The summed E-state index contributed by atoms with van der Waals surface area (Å²) in [5.41, 5.74) is 7.86. The van der Waals surface area contributed by atoms with Gasteiger partial charge in [-0.1, -0.05) is 0 Å². The number of aryl methyl sites for hydroxylation is 1. The van der Waals surface area contributed by atoms with Crippen molar-refractivity contribution in [3.8, 4) is 0 Å². The molecule has 21 heavy (non-hydrogen) atoms. The Balaban J connectivity index is 2.03. The van der Waals surface area contributed by atoms with Gasteiger partial charge in [0.05, 0.1) is 11.4 Å². The van der Waals surface area contributed by atoms with Crippen LogP contribution in [0.5, 0.6) is 0 Å².